The second kappa shape index (κ2) is 45.3. The van der Waals surface area contributed by atoms with Gasteiger partial charge in [-0.25, -0.2) is 4.79 Å². The van der Waals surface area contributed by atoms with E-state index in [1.165, 1.54) is 103 Å². The molecule has 0 aliphatic heterocycles. The lowest BCUT2D eigenvalue weighted by Gasteiger charge is -2.25. The van der Waals surface area contributed by atoms with Crippen LogP contribution in [0.3, 0.4) is 0 Å². The molecule has 0 aromatic carbocycles. The summed E-state index contributed by atoms with van der Waals surface area (Å²) in [5.74, 6) is -2.09. The van der Waals surface area contributed by atoms with Crippen molar-refractivity contribution in [1.82, 2.24) is 0 Å². The predicted octanol–water partition coefficient (Wildman–Crippen LogP) is 13.9. The molecule has 9 nitrogen and oxygen atoms in total. The van der Waals surface area contributed by atoms with Gasteiger partial charge in [0.15, 0.2) is 6.10 Å². The predicted molar refractivity (Wildman–Crippen MR) is 263 cm³/mol. The van der Waals surface area contributed by atoms with Crippen molar-refractivity contribution in [3.8, 4) is 0 Å². The maximum Gasteiger partial charge on any atom is 0.361 e. The zero-order valence-corrected chi connectivity index (χ0v) is 41.0. The number of unbranched alkanes of at least 4 members (excludes halogenated alkanes) is 18. The summed E-state index contributed by atoms with van der Waals surface area (Å²) in [4.78, 5) is 37.2. The molecule has 0 amide bonds. The number of likely N-dealkylation sites (N-methyl/N-ethyl adjacent to an activating group) is 1. The lowest BCUT2D eigenvalue weighted by atomic mass is 10.1. The summed E-state index contributed by atoms with van der Waals surface area (Å²) >= 11 is 0. The lowest BCUT2D eigenvalue weighted by Crippen LogP contribution is -2.40. The minimum absolute atomic E-state index is 0.174. The third-order valence-corrected chi connectivity index (χ3v) is 10.4. The highest BCUT2D eigenvalue weighted by Gasteiger charge is 2.25. The number of carboxylic acid groups (broad SMARTS) is 1. The molecule has 0 radical (unpaired) electrons. The van der Waals surface area contributed by atoms with Gasteiger partial charge < -0.3 is 28.5 Å². The van der Waals surface area contributed by atoms with Gasteiger partial charge >= 0.3 is 17.9 Å². The van der Waals surface area contributed by atoms with E-state index in [1.54, 1.807) is 0 Å². The van der Waals surface area contributed by atoms with Crippen LogP contribution in [0.5, 0.6) is 0 Å². The number of esters is 2. The lowest BCUT2D eigenvalue weighted by molar-refractivity contribution is -0.870. The van der Waals surface area contributed by atoms with Crippen LogP contribution in [0.2, 0.25) is 0 Å². The van der Waals surface area contributed by atoms with Gasteiger partial charge in [0.05, 0.1) is 34.4 Å². The fraction of sp³-hybridized carbons (Fsp3) is 0.722. The maximum atomic E-state index is 12.8. The Labute approximate surface area is 386 Å². The molecule has 2 unspecified atom stereocenters. The van der Waals surface area contributed by atoms with Crippen LogP contribution < -0.4 is 0 Å². The highest BCUT2D eigenvalue weighted by Crippen LogP contribution is 2.14. The zero-order valence-electron chi connectivity index (χ0n) is 41.0. The van der Waals surface area contributed by atoms with Gasteiger partial charge in [-0.15, -0.1) is 0 Å². The maximum absolute atomic E-state index is 12.8. The second-order valence-corrected chi connectivity index (χ2v) is 17.7. The molecule has 0 saturated carbocycles. The van der Waals surface area contributed by atoms with Crippen LogP contribution in [0.25, 0.3) is 0 Å². The number of allylic oxidation sites excluding steroid dienone is 12. The molecular weight excluding hydrogens is 791 g/mol. The van der Waals surface area contributed by atoms with Crippen LogP contribution >= 0.6 is 0 Å². The van der Waals surface area contributed by atoms with E-state index in [2.05, 4.69) is 86.8 Å². The highest BCUT2D eigenvalue weighted by molar-refractivity contribution is 5.71. The van der Waals surface area contributed by atoms with E-state index >= 15 is 0 Å². The van der Waals surface area contributed by atoms with Gasteiger partial charge in [-0.1, -0.05) is 177 Å². The first-order chi connectivity index (χ1) is 30.6. The van der Waals surface area contributed by atoms with Crippen molar-refractivity contribution in [2.45, 2.75) is 206 Å². The van der Waals surface area contributed by atoms with E-state index in [1.807, 2.05) is 21.1 Å². The summed E-state index contributed by atoms with van der Waals surface area (Å²) in [6.45, 7) is 4.69. The van der Waals surface area contributed by atoms with Gasteiger partial charge in [-0.05, 0) is 77.0 Å². The van der Waals surface area contributed by atoms with Gasteiger partial charge in [-0.2, -0.15) is 0 Å². The molecule has 0 fully saturated rings. The molecule has 63 heavy (non-hydrogen) atoms. The zero-order chi connectivity index (χ0) is 46.3. The number of nitrogens with zero attached hydrogens (tertiary/aromatic N) is 1. The number of hydrogen-bond donors (Lipinski definition) is 1. The van der Waals surface area contributed by atoms with E-state index in [9.17, 15) is 19.5 Å². The second-order valence-electron chi connectivity index (χ2n) is 17.7. The van der Waals surface area contributed by atoms with Crippen LogP contribution in [-0.4, -0.2) is 87.4 Å². The van der Waals surface area contributed by atoms with Gasteiger partial charge in [0.1, 0.15) is 13.2 Å². The minimum Gasteiger partial charge on any atom is -0.477 e. The number of carbonyl (C=O) groups excluding carboxylic acids is 2. The van der Waals surface area contributed by atoms with Crippen LogP contribution in [0, 0.1) is 0 Å². The Balaban J connectivity index is 4.43. The number of carbonyl (C=O) groups is 3. The van der Waals surface area contributed by atoms with E-state index in [0.29, 0.717) is 17.4 Å². The molecule has 0 aliphatic rings. The summed E-state index contributed by atoms with van der Waals surface area (Å²) < 4.78 is 22.7. The van der Waals surface area contributed by atoms with Gasteiger partial charge in [0.2, 0.25) is 0 Å². The molecule has 0 aliphatic carbocycles. The standard InChI is InChI=1S/C54H93NO8/c1-6-8-10-12-14-16-18-20-22-24-25-26-27-29-30-32-34-36-38-40-42-44-51(56)61-48-50(49-62-54(53(58)59)60-47-46-55(3,4)5)63-52(57)45-43-41-39-37-35-33-31-28-23-21-19-17-15-13-11-9-7-2/h9,11,15,17,21,23-25,31,33,37,39,50,54H,6-8,10,12-14,16,18-20,22,26-30,32,34-36,38,40-49H2,1-5H3/p+1/b11-9-,17-15-,23-21-,25-24-,33-31-,39-37-. The molecular formula is C54H94NO8+. The molecule has 2 atom stereocenters. The minimum atomic E-state index is -1.53. The molecule has 0 aromatic rings. The molecule has 0 spiro atoms. The number of rotatable bonds is 45. The summed E-state index contributed by atoms with van der Waals surface area (Å²) in [5.41, 5.74) is 0. The number of quaternary nitrogens is 1. The van der Waals surface area contributed by atoms with Gasteiger partial charge in [0.25, 0.3) is 6.29 Å². The Morgan fingerprint density at radius 2 is 0.921 bits per heavy atom. The summed E-state index contributed by atoms with van der Waals surface area (Å²) in [6, 6.07) is 0. The molecule has 0 aromatic heterocycles. The van der Waals surface area contributed by atoms with Crippen LogP contribution in [0.4, 0.5) is 0 Å². The molecule has 362 valence electrons. The van der Waals surface area contributed by atoms with Crippen molar-refractivity contribution in [2.75, 3.05) is 47.5 Å². The first kappa shape index (κ1) is 59.7. The van der Waals surface area contributed by atoms with Crippen molar-refractivity contribution in [2.24, 2.45) is 0 Å². The van der Waals surface area contributed by atoms with Crippen molar-refractivity contribution >= 4 is 17.9 Å². The van der Waals surface area contributed by atoms with Crippen molar-refractivity contribution < 1.29 is 42.9 Å². The Morgan fingerprint density at radius 1 is 0.492 bits per heavy atom. The normalized spacial score (nSPS) is 13.5. The number of ether oxygens (including phenoxy) is 4. The first-order valence-electron chi connectivity index (χ1n) is 25.1. The number of aliphatic carboxylic acids is 1. The largest absolute Gasteiger partial charge is 0.477 e. The first-order valence-corrected chi connectivity index (χ1v) is 25.1. The number of hydrogen-bond acceptors (Lipinski definition) is 7. The fourth-order valence-corrected chi connectivity index (χ4v) is 6.57. The summed E-state index contributed by atoms with van der Waals surface area (Å²) in [7, 11) is 5.94. The average molecular weight is 885 g/mol. The van der Waals surface area contributed by atoms with Gasteiger partial charge in [0, 0.05) is 12.8 Å². The van der Waals surface area contributed by atoms with E-state index < -0.39 is 24.3 Å². The Morgan fingerprint density at radius 3 is 1.41 bits per heavy atom. The molecule has 1 N–H and O–H groups in total. The molecule has 9 heteroatoms. The van der Waals surface area contributed by atoms with E-state index in [4.69, 9.17) is 18.9 Å². The molecule has 0 rings (SSSR count). The smallest absolute Gasteiger partial charge is 0.361 e. The van der Waals surface area contributed by atoms with Crippen LogP contribution in [0.1, 0.15) is 194 Å². The van der Waals surface area contributed by atoms with Crippen LogP contribution in [0.15, 0.2) is 72.9 Å². The Kier molecular flexibility index (Phi) is 43.0. The third kappa shape index (κ3) is 46.5. The van der Waals surface area contributed by atoms with Crippen molar-refractivity contribution in [3.63, 3.8) is 0 Å². The summed E-state index contributed by atoms with van der Waals surface area (Å²) in [6.07, 6.45) is 54.1. The van der Waals surface area contributed by atoms with Crippen LogP contribution in [-0.2, 0) is 33.3 Å². The van der Waals surface area contributed by atoms with E-state index in [-0.39, 0.29) is 38.6 Å². The Bertz CT molecular complexity index is 1260. The Hall–Kier alpha value is -3.27. The quantitative estimate of drug-likeness (QED) is 0.0212. The van der Waals surface area contributed by atoms with E-state index in [0.717, 1.165) is 57.8 Å². The molecule has 0 heterocycles. The molecule has 0 saturated heterocycles. The third-order valence-electron chi connectivity index (χ3n) is 10.4. The van der Waals surface area contributed by atoms with Crippen molar-refractivity contribution in [1.29, 1.82) is 0 Å². The van der Waals surface area contributed by atoms with Gasteiger partial charge in [-0.3, -0.25) is 9.59 Å². The summed E-state index contributed by atoms with van der Waals surface area (Å²) in [5, 5.41) is 9.66. The monoisotopic (exact) mass is 885 g/mol. The topological polar surface area (TPSA) is 108 Å². The van der Waals surface area contributed by atoms with Crippen molar-refractivity contribution in [3.05, 3.63) is 72.9 Å². The highest BCUT2D eigenvalue weighted by atomic mass is 16.7. The average Bonchev–Trinajstić information content (AvgIpc) is 3.24. The molecule has 0 bridgehead atoms. The SMILES string of the molecule is CC/C=C\C/C=C\C/C=C\C/C=C\C/C=C\CCCC(=O)OC(COC(=O)CCCCCCCCCCC/C=C\CCCCCCCCCC)COC(OCC[N+](C)(C)C)C(=O)O. The number of carboxylic acids is 1. The fourth-order valence-electron chi connectivity index (χ4n) is 6.57.